The topological polar surface area (TPSA) is 133 Å². The molecule has 4 aromatic rings. The van der Waals surface area contributed by atoms with Crippen LogP contribution < -0.4 is 15.4 Å². The number of nitrogens with zero attached hydrogens (tertiary/aromatic N) is 5. The number of aliphatic hydroxyl groups is 1. The summed E-state index contributed by atoms with van der Waals surface area (Å²) in [6.45, 7) is 1.46. The number of amides is 1. The third-order valence-corrected chi connectivity index (χ3v) is 6.46. The zero-order chi connectivity index (χ0) is 26.5. The van der Waals surface area contributed by atoms with Crippen LogP contribution in [0.15, 0.2) is 67.1 Å². The van der Waals surface area contributed by atoms with Crippen LogP contribution in [0.3, 0.4) is 0 Å². The summed E-state index contributed by atoms with van der Waals surface area (Å²) >= 11 is 0. The minimum Gasteiger partial charge on any atom is -0.489 e. The number of alkyl halides is 1. The van der Waals surface area contributed by atoms with E-state index in [1.165, 1.54) is 6.20 Å². The predicted octanol–water partition coefficient (Wildman–Crippen LogP) is 2.85. The van der Waals surface area contributed by atoms with Gasteiger partial charge in [0, 0.05) is 43.5 Å². The summed E-state index contributed by atoms with van der Waals surface area (Å²) < 4.78 is 18.1. The zero-order valence-corrected chi connectivity index (χ0v) is 20.6. The molecular formula is C27H28FN7O3. The van der Waals surface area contributed by atoms with Gasteiger partial charge in [0.2, 0.25) is 0 Å². The minimum absolute atomic E-state index is 0.0671. The first-order valence-corrected chi connectivity index (χ1v) is 12.3. The number of nitrogens with two attached hydrogens (primary N) is 1. The van der Waals surface area contributed by atoms with Gasteiger partial charge in [0.1, 0.15) is 30.7 Å². The Morgan fingerprint density at radius 2 is 1.84 bits per heavy atom. The van der Waals surface area contributed by atoms with Gasteiger partial charge in [0.05, 0.1) is 23.7 Å². The SMILES string of the molecule is Nc1[nH]ncc1-c1ncc(OCCF)cc1-c1ccc(N2CCN(C(=O)C(O)c3ccccc3)CC2)nc1. The van der Waals surface area contributed by atoms with Gasteiger partial charge in [-0.25, -0.2) is 9.37 Å². The molecule has 4 heterocycles. The number of benzene rings is 1. The number of pyridine rings is 2. The summed E-state index contributed by atoms with van der Waals surface area (Å²) in [5, 5.41) is 17.2. The molecule has 1 aliphatic heterocycles. The largest absolute Gasteiger partial charge is 0.489 e. The molecule has 1 unspecified atom stereocenters. The fourth-order valence-corrected chi connectivity index (χ4v) is 4.44. The zero-order valence-electron chi connectivity index (χ0n) is 20.6. The van der Waals surface area contributed by atoms with E-state index in [2.05, 4.69) is 25.1 Å². The van der Waals surface area contributed by atoms with Gasteiger partial charge < -0.3 is 25.4 Å². The molecule has 0 radical (unpaired) electrons. The van der Waals surface area contributed by atoms with Gasteiger partial charge in [0.25, 0.3) is 5.91 Å². The Morgan fingerprint density at radius 1 is 1.05 bits per heavy atom. The molecule has 1 fully saturated rings. The molecule has 10 nitrogen and oxygen atoms in total. The van der Waals surface area contributed by atoms with Crippen LogP contribution in [-0.4, -0.2) is 75.5 Å². The second-order valence-electron chi connectivity index (χ2n) is 8.83. The average molecular weight is 518 g/mol. The van der Waals surface area contributed by atoms with Crippen molar-refractivity contribution < 1.29 is 19.0 Å². The van der Waals surface area contributed by atoms with Crippen molar-refractivity contribution in [2.24, 2.45) is 0 Å². The molecule has 196 valence electrons. The maximum Gasteiger partial charge on any atom is 0.256 e. The van der Waals surface area contributed by atoms with Crippen LogP contribution in [0, 0.1) is 0 Å². The van der Waals surface area contributed by atoms with E-state index >= 15 is 0 Å². The van der Waals surface area contributed by atoms with E-state index in [9.17, 15) is 14.3 Å². The molecule has 0 spiro atoms. The van der Waals surface area contributed by atoms with Crippen molar-refractivity contribution in [3.8, 4) is 28.1 Å². The molecule has 1 atom stereocenters. The van der Waals surface area contributed by atoms with E-state index in [0.29, 0.717) is 54.6 Å². The van der Waals surface area contributed by atoms with Crippen molar-refractivity contribution in [2.45, 2.75) is 6.10 Å². The van der Waals surface area contributed by atoms with Crippen LogP contribution in [0.1, 0.15) is 11.7 Å². The number of hydrogen-bond acceptors (Lipinski definition) is 8. The fourth-order valence-electron chi connectivity index (χ4n) is 4.44. The molecule has 11 heteroatoms. The number of halogens is 1. The lowest BCUT2D eigenvalue weighted by Crippen LogP contribution is -2.50. The molecule has 3 aromatic heterocycles. The van der Waals surface area contributed by atoms with Gasteiger partial charge in [-0.05, 0) is 23.8 Å². The van der Waals surface area contributed by atoms with E-state index in [4.69, 9.17) is 10.5 Å². The Balaban J connectivity index is 1.30. The van der Waals surface area contributed by atoms with Crippen LogP contribution in [0.2, 0.25) is 0 Å². The highest BCUT2D eigenvalue weighted by Crippen LogP contribution is 2.35. The molecule has 5 rings (SSSR count). The second kappa shape index (κ2) is 11.3. The third kappa shape index (κ3) is 5.28. The quantitative estimate of drug-likeness (QED) is 0.325. The highest BCUT2D eigenvalue weighted by atomic mass is 19.1. The Bertz CT molecular complexity index is 1370. The van der Waals surface area contributed by atoms with Crippen LogP contribution in [0.4, 0.5) is 16.0 Å². The number of ether oxygens (including phenoxy) is 1. The van der Waals surface area contributed by atoms with Crippen LogP contribution in [0.25, 0.3) is 22.4 Å². The number of H-pyrrole nitrogens is 1. The molecule has 1 aromatic carbocycles. The first kappa shape index (κ1) is 25.2. The standard InChI is InChI=1S/C27H28FN7O3/c28-8-13-38-20-14-21(24(31-16-20)22-17-32-33-26(22)29)19-6-7-23(30-15-19)34-9-11-35(12-10-34)27(37)25(36)18-4-2-1-3-5-18/h1-7,14-17,25,36H,8-13H2,(H3,29,32,33). The molecule has 0 saturated carbocycles. The molecule has 4 N–H and O–H groups in total. The number of aromatic amines is 1. The second-order valence-corrected chi connectivity index (χ2v) is 8.83. The summed E-state index contributed by atoms with van der Waals surface area (Å²) in [5.41, 5.74) is 9.36. The van der Waals surface area contributed by atoms with Crippen LogP contribution >= 0.6 is 0 Å². The molecular weight excluding hydrogens is 489 g/mol. The van der Waals surface area contributed by atoms with E-state index in [1.54, 1.807) is 47.6 Å². The number of nitrogens with one attached hydrogen (secondary N) is 1. The number of anilines is 2. The number of carbonyl (C=O) groups is 1. The van der Waals surface area contributed by atoms with Gasteiger partial charge in [-0.1, -0.05) is 30.3 Å². The third-order valence-electron chi connectivity index (χ3n) is 6.46. The van der Waals surface area contributed by atoms with Crippen molar-refractivity contribution in [2.75, 3.05) is 50.1 Å². The lowest BCUT2D eigenvalue weighted by atomic mass is 10.0. The van der Waals surface area contributed by atoms with Crippen molar-refractivity contribution in [3.05, 3.63) is 72.7 Å². The lowest BCUT2D eigenvalue weighted by Gasteiger charge is -2.36. The molecule has 0 bridgehead atoms. The monoisotopic (exact) mass is 517 g/mol. The van der Waals surface area contributed by atoms with E-state index in [1.807, 2.05) is 18.2 Å². The predicted molar refractivity (Wildman–Crippen MR) is 141 cm³/mol. The van der Waals surface area contributed by atoms with Crippen LogP contribution in [-0.2, 0) is 4.79 Å². The summed E-state index contributed by atoms with van der Waals surface area (Å²) in [7, 11) is 0. The molecule has 38 heavy (non-hydrogen) atoms. The van der Waals surface area contributed by atoms with Gasteiger partial charge in [-0.2, -0.15) is 5.10 Å². The van der Waals surface area contributed by atoms with Crippen molar-refractivity contribution in [1.29, 1.82) is 0 Å². The van der Waals surface area contributed by atoms with Gasteiger partial charge in [-0.15, -0.1) is 0 Å². The smallest absolute Gasteiger partial charge is 0.256 e. The average Bonchev–Trinajstić information content (AvgIpc) is 3.41. The van der Waals surface area contributed by atoms with Crippen LogP contribution in [0.5, 0.6) is 5.75 Å². The fraction of sp³-hybridized carbons (Fsp3) is 0.259. The number of aliphatic hydroxyl groups excluding tert-OH is 1. The Kier molecular flexibility index (Phi) is 7.45. The highest BCUT2D eigenvalue weighted by Gasteiger charge is 2.27. The maximum absolute atomic E-state index is 12.8. The Hall–Kier alpha value is -4.51. The maximum atomic E-state index is 12.8. The van der Waals surface area contributed by atoms with Crippen molar-refractivity contribution in [3.63, 3.8) is 0 Å². The molecule has 1 aliphatic rings. The van der Waals surface area contributed by atoms with E-state index in [-0.39, 0.29) is 12.5 Å². The first-order chi connectivity index (χ1) is 18.5. The number of piperazine rings is 1. The first-order valence-electron chi connectivity index (χ1n) is 12.3. The highest BCUT2D eigenvalue weighted by molar-refractivity contribution is 5.85. The Labute approximate surface area is 218 Å². The Morgan fingerprint density at radius 3 is 2.50 bits per heavy atom. The van der Waals surface area contributed by atoms with Gasteiger partial charge in [-0.3, -0.25) is 14.9 Å². The normalized spacial score (nSPS) is 14.4. The summed E-state index contributed by atoms with van der Waals surface area (Å²) in [6, 6.07) is 14.6. The van der Waals surface area contributed by atoms with Gasteiger partial charge in [0.15, 0.2) is 6.10 Å². The minimum atomic E-state index is -1.17. The van der Waals surface area contributed by atoms with E-state index in [0.717, 1.165) is 16.9 Å². The number of hydrogen-bond donors (Lipinski definition) is 3. The molecule has 0 aliphatic carbocycles. The summed E-state index contributed by atoms with van der Waals surface area (Å²) in [6.07, 6.45) is 3.69. The molecule has 1 amide bonds. The van der Waals surface area contributed by atoms with Gasteiger partial charge >= 0.3 is 0 Å². The number of nitrogen functional groups attached to an aromatic ring is 1. The summed E-state index contributed by atoms with van der Waals surface area (Å²) in [4.78, 5) is 25.7. The van der Waals surface area contributed by atoms with Crippen molar-refractivity contribution in [1.82, 2.24) is 25.1 Å². The van der Waals surface area contributed by atoms with Crippen molar-refractivity contribution >= 4 is 17.5 Å². The lowest BCUT2D eigenvalue weighted by molar-refractivity contribution is -0.140. The summed E-state index contributed by atoms with van der Waals surface area (Å²) in [5.74, 6) is 1.29. The molecule has 1 saturated heterocycles. The number of rotatable bonds is 8. The number of aromatic nitrogens is 4. The van der Waals surface area contributed by atoms with E-state index < -0.39 is 12.8 Å². The number of carbonyl (C=O) groups excluding carboxylic acids is 1.